The van der Waals surface area contributed by atoms with Crippen molar-refractivity contribution in [2.24, 2.45) is 5.92 Å². The number of rotatable bonds is 2. The third kappa shape index (κ3) is 2.35. The molecule has 2 atom stereocenters. The van der Waals surface area contributed by atoms with E-state index in [1.54, 1.807) is 6.07 Å². The number of piperidine rings is 1. The Morgan fingerprint density at radius 3 is 2.89 bits per heavy atom. The van der Waals surface area contributed by atoms with Crippen LogP contribution in [0, 0.1) is 16.0 Å². The van der Waals surface area contributed by atoms with Crippen LogP contribution in [0.25, 0.3) is 0 Å². The lowest BCUT2D eigenvalue weighted by Gasteiger charge is -2.35. The Morgan fingerprint density at radius 1 is 1.61 bits per heavy atom. The normalized spacial score (nSPS) is 24.0. The number of anilines is 2. The zero-order chi connectivity index (χ0) is 13.3. The minimum Gasteiger partial charge on any atom is -0.391 e. The van der Waals surface area contributed by atoms with Crippen LogP contribution < -0.4 is 10.6 Å². The zero-order valence-corrected chi connectivity index (χ0v) is 10.1. The number of β-amino-alcohol motifs (C(OH)–C–C–N with tert-alkyl or cyclic N) is 1. The van der Waals surface area contributed by atoms with Gasteiger partial charge in [-0.1, -0.05) is 6.92 Å². The van der Waals surface area contributed by atoms with Crippen LogP contribution in [-0.4, -0.2) is 34.2 Å². The molecule has 2 unspecified atom stereocenters. The molecule has 0 saturated carbocycles. The Balaban J connectivity index is 2.19. The number of nitrogens with zero attached hydrogens (tertiary/aromatic N) is 3. The maximum atomic E-state index is 10.6. The second kappa shape index (κ2) is 4.77. The molecule has 98 valence electrons. The average Bonchev–Trinajstić information content (AvgIpc) is 2.32. The van der Waals surface area contributed by atoms with Crippen molar-refractivity contribution in [1.82, 2.24) is 4.98 Å². The number of nitrogens with two attached hydrogens (primary N) is 1. The van der Waals surface area contributed by atoms with Crippen molar-refractivity contribution >= 4 is 17.3 Å². The van der Waals surface area contributed by atoms with E-state index in [2.05, 4.69) is 4.98 Å². The van der Waals surface area contributed by atoms with E-state index in [-0.39, 0.29) is 17.4 Å². The summed E-state index contributed by atoms with van der Waals surface area (Å²) in [5.41, 5.74) is 5.36. The summed E-state index contributed by atoms with van der Waals surface area (Å²) in [4.78, 5) is 16.0. The van der Waals surface area contributed by atoms with Crippen molar-refractivity contribution in [3.63, 3.8) is 0 Å². The van der Waals surface area contributed by atoms with Gasteiger partial charge in [-0.2, -0.15) is 0 Å². The zero-order valence-electron chi connectivity index (χ0n) is 10.1. The number of nitrogen functional groups attached to an aromatic ring is 1. The van der Waals surface area contributed by atoms with Gasteiger partial charge < -0.3 is 15.7 Å². The van der Waals surface area contributed by atoms with Crippen LogP contribution in [0.3, 0.4) is 0 Å². The molecule has 0 amide bonds. The minimum absolute atomic E-state index is 0.0920. The SMILES string of the molecule is CC1CCN(c2ccc([N+](=O)[O-])c(N)n2)CC1O. The molecule has 7 heteroatoms. The first-order valence-electron chi connectivity index (χ1n) is 5.83. The Labute approximate surface area is 104 Å². The highest BCUT2D eigenvalue weighted by atomic mass is 16.6. The van der Waals surface area contributed by atoms with E-state index in [0.717, 1.165) is 13.0 Å². The van der Waals surface area contributed by atoms with Gasteiger partial charge in [0.25, 0.3) is 0 Å². The molecule has 1 aromatic heterocycles. The van der Waals surface area contributed by atoms with E-state index in [4.69, 9.17) is 5.73 Å². The highest BCUT2D eigenvalue weighted by molar-refractivity contribution is 5.58. The van der Waals surface area contributed by atoms with Gasteiger partial charge in [0.1, 0.15) is 5.82 Å². The van der Waals surface area contributed by atoms with Crippen molar-refractivity contribution in [3.05, 3.63) is 22.2 Å². The van der Waals surface area contributed by atoms with Crippen molar-refractivity contribution < 1.29 is 10.0 Å². The van der Waals surface area contributed by atoms with Crippen LogP contribution in [0.4, 0.5) is 17.3 Å². The average molecular weight is 252 g/mol. The lowest BCUT2D eigenvalue weighted by molar-refractivity contribution is -0.384. The van der Waals surface area contributed by atoms with Crippen molar-refractivity contribution in [2.75, 3.05) is 23.7 Å². The van der Waals surface area contributed by atoms with Gasteiger partial charge in [0, 0.05) is 19.2 Å². The molecule has 1 saturated heterocycles. The molecule has 0 aromatic carbocycles. The van der Waals surface area contributed by atoms with Gasteiger partial charge in [-0.15, -0.1) is 0 Å². The molecule has 1 aliphatic heterocycles. The molecule has 3 N–H and O–H groups in total. The van der Waals surface area contributed by atoms with Crippen LogP contribution >= 0.6 is 0 Å². The molecule has 0 spiro atoms. The van der Waals surface area contributed by atoms with Gasteiger partial charge in [-0.3, -0.25) is 10.1 Å². The lowest BCUT2D eigenvalue weighted by Crippen LogP contribution is -2.43. The summed E-state index contributed by atoms with van der Waals surface area (Å²) in [7, 11) is 0. The van der Waals surface area contributed by atoms with Crippen LogP contribution in [0.1, 0.15) is 13.3 Å². The molecule has 0 bridgehead atoms. The summed E-state index contributed by atoms with van der Waals surface area (Å²) >= 11 is 0. The fraction of sp³-hybridized carbons (Fsp3) is 0.545. The molecule has 0 aliphatic carbocycles. The fourth-order valence-corrected chi connectivity index (χ4v) is 2.04. The maximum absolute atomic E-state index is 10.6. The van der Waals surface area contributed by atoms with Crippen molar-refractivity contribution in [1.29, 1.82) is 0 Å². The highest BCUT2D eigenvalue weighted by Gasteiger charge is 2.26. The van der Waals surface area contributed by atoms with Gasteiger partial charge in [-0.25, -0.2) is 4.98 Å². The molecule has 1 aromatic rings. The number of hydrogen-bond donors (Lipinski definition) is 2. The number of hydrogen-bond acceptors (Lipinski definition) is 6. The van der Waals surface area contributed by atoms with Gasteiger partial charge in [0.15, 0.2) is 0 Å². The summed E-state index contributed by atoms with van der Waals surface area (Å²) in [5.74, 6) is 0.742. The second-order valence-electron chi connectivity index (χ2n) is 4.61. The molecule has 1 aliphatic rings. The molecule has 7 nitrogen and oxygen atoms in total. The fourth-order valence-electron chi connectivity index (χ4n) is 2.04. The molecule has 2 rings (SSSR count). The number of aromatic nitrogens is 1. The third-order valence-electron chi connectivity index (χ3n) is 3.33. The van der Waals surface area contributed by atoms with E-state index in [1.807, 2.05) is 11.8 Å². The van der Waals surface area contributed by atoms with Gasteiger partial charge >= 0.3 is 5.69 Å². The summed E-state index contributed by atoms with van der Waals surface area (Å²) in [6.07, 6.45) is 0.455. The van der Waals surface area contributed by atoms with Gasteiger partial charge in [0.05, 0.1) is 11.0 Å². The molecule has 0 radical (unpaired) electrons. The molecule has 18 heavy (non-hydrogen) atoms. The number of pyridine rings is 1. The topological polar surface area (TPSA) is 106 Å². The van der Waals surface area contributed by atoms with Gasteiger partial charge in [0.2, 0.25) is 5.82 Å². The standard InChI is InChI=1S/C11H16N4O3/c1-7-4-5-14(6-9(7)16)10-3-2-8(15(17)18)11(12)13-10/h2-3,7,9,16H,4-6H2,1H3,(H2,12,13). The van der Waals surface area contributed by atoms with E-state index in [9.17, 15) is 15.2 Å². The Bertz CT molecular complexity index is 466. The first-order valence-corrected chi connectivity index (χ1v) is 5.83. The molecule has 2 heterocycles. The van der Waals surface area contributed by atoms with Crippen molar-refractivity contribution in [2.45, 2.75) is 19.4 Å². The summed E-state index contributed by atoms with van der Waals surface area (Å²) in [6.45, 7) is 3.24. The minimum atomic E-state index is -0.556. The summed E-state index contributed by atoms with van der Waals surface area (Å²) in [6, 6.07) is 2.92. The third-order valence-corrected chi connectivity index (χ3v) is 3.33. The van der Waals surface area contributed by atoms with Crippen LogP contribution in [0.2, 0.25) is 0 Å². The maximum Gasteiger partial charge on any atom is 0.311 e. The first kappa shape index (κ1) is 12.6. The highest BCUT2D eigenvalue weighted by Crippen LogP contribution is 2.26. The summed E-state index contributed by atoms with van der Waals surface area (Å²) < 4.78 is 0. The number of nitro groups is 1. The quantitative estimate of drug-likeness (QED) is 0.595. The van der Waals surface area contributed by atoms with Gasteiger partial charge in [-0.05, 0) is 18.4 Å². The lowest BCUT2D eigenvalue weighted by atomic mass is 9.96. The van der Waals surface area contributed by atoms with E-state index in [0.29, 0.717) is 12.4 Å². The van der Waals surface area contributed by atoms with Crippen LogP contribution in [-0.2, 0) is 0 Å². The number of aliphatic hydroxyl groups excluding tert-OH is 1. The van der Waals surface area contributed by atoms with E-state index < -0.39 is 11.0 Å². The van der Waals surface area contributed by atoms with E-state index >= 15 is 0 Å². The molecular formula is C11H16N4O3. The second-order valence-corrected chi connectivity index (χ2v) is 4.61. The summed E-state index contributed by atoms with van der Waals surface area (Å²) in [5, 5.41) is 20.4. The first-order chi connectivity index (χ1) is 8.49. The predicted octanol–water partition coefficient (Wildman–Crippen LogP) is 0.779. The Kier molecular flexibility index (Phi) is 3.33. The monoisotopic (exact) mass is 252 g/mol. The van der Waals surface area contributed by atoms with Crippen LogP contribution in [0.15, 0.2) is 12.1 Å². The van der Waals surface area contributed by atoms with Crippen molar-refractivity contribution in [3.8, 4) is 0 Å². The Morgan fingerprint density at radius 2 is 2.33 bits per heavy atom. The molecule has 1 fully saturated rings. The number of aliphatic hydroxyl groups is 1. The smallest absolute Gasteiger partial charge is 0.311 e. The largest absolute Gasteiger partial charge is 0.391 e. The van der Waals surface area contributed by atoms with E-state index in [1.165, 1.54) is 6.07 Å². The predicted molar refractivity (Wildman–Crippen MR) is 67.3 cm³/mol. The Hall–Kier alpha value is -1.89. The molecular weight excluding hydrogens is 236 g/mol. The van der Waals surface area contributed by atoms with Crippen LogP contribution in [0.5, 0.6) is 0 Å².